The molecule has 0 saturated heterocycles. The molecule has 4 heteroatoms. The molecule has 4 nitrogen and oxygen atoms in total. The number of rotatable bonds is 1. The number of nitrogens with one attached hydrogen (secondary N) is 2. The fraction of sp³-hybridized carbons (Fsp3) is 0.333. The van der Waals surface area contributed by atoms with E-state index in [1.165, 1.54) is 5.56 Å². The van der Waals surface area contributed by atoms with Crippen LogP contribution in [0.25, 0.3) is 0 Å². The lowest BCUT2D eigenvalue weighted by molar-refractivity contribution is -0.118. The van der Waals surface area contributed by atoms with Crippen LogP contribution in [0.5, 0.6) is 0 Å². The summed E-state index contributed by atoms with van der Waals surface area (Å²) in [6, 6.07) is 10.1. The first-order chi connectivity index (χ1) is 11.9. The number of anilines is 2. The van der Waals surface area contributed by atoms with Crippen LogP contribution < -0.4 is 10.6 Å². The zero-order valence-corrected chi connectivity index (χ0v) is 14.9. The first-order valence-electron chi connectivity index (χ1n) is 8.73. The van der Waals surface area contributed by atoms with E-state index in [1.807, 2.05) is 18.3 Å². The van der Waals surface area contributed by atoms with Crippen molar-refractivity contribution in [2.45, 2.75) is 39.7 Å². The Kier molecular flexibility index (Phi) is 3.64. The maximum atomic E-state index is 13.0. The molecule has 2 heterocycles. The third-order valence-corrected chi connectivity index (χ3v) is 4.99. The van der Waals surface area contributed by atoms with Crippen molar-refractivity contribution in [2.75, 3.05) is 10.6 Å². The molecule has 0 bridgehead atoms. The van der Waals surface area contributed by atoms with Crippen molar-refractivity contribution in [3.8, 4) is 0 Å². The lowest BCUT2D eigenvalue weighted by Crippen LogP contribution is -2.31. The van der Waals surface area contributed by atoms with Crippen LogP contribution in [0.3, 0.4) is 0 Å². The molecule has 128 valence electrons. The number of hydrogen-bond acceptors (Lipinski definition) is 4. The maximum Gasteiger partial charge on any atom is 0.163 e. The Balaban J connectivity index is 1.89. The molecule has 1 aliphatic heterocycles. The maximum absolute atomic E-state index is 13.0. The van der Waals surface area contributed by atoms with Gasteiger partial charge in [0.15, 0.2) is 5.78 Å². The summed E-state index contributed by atoms with van der Waals surface area (Å²) < 4.78 is 0. The van der Waals surface area contributed by atoms with E-state index in [-0.39, 0.29) is 17.2 Å². The molecular weight excluding hydrogens is 310 g/mol. The van der Waals surface area contributed by atoms with Gasteiger partial charge in [0.2, 0.25) is 0 Å². The highest BCUT2D eigenvalue weighted by atomic mass is 16.1. The summed E-state index contributed by atoms with van der Waals surface area (Å²) in [5, 5.41) is 7.14. The Bertz CT molecular complexity index is 868. The van der Waals surface area contributed by atoms with Crippen LogP contribution in [0.4, 0.5) is 11.4 Å². The van der Waals surface area contributed by atoms with Crippen molar-refractivity contribution in [2.24, 2.45) is 5.41 Å². The highest BCUT2D eigenvalue weighted by Crippen LogP contribution is 2.45. The molecule has 2 N–H and O–H groups in total. The fourth-order valence-corrected chi connectivity index (χ4v) is 3.85. The third kappa shape index (κ3) is 2.93. The predicted octanol–water partition coefficient (Wildman–Crippen LogP) is 4.61. The van der Waals surface area contributed by atoms with E-state index in [4.69, 9.17) is 0 Å². The lowest BCUT2D eigenvalue weighted by Gasteiger charge is -2.34. The SMILES string of the molecule is Cc1ccc2c(c1)NC(c1cccnc1)C1=C(CC(C)(C)CC1=O)N2. The minimum Gasteiger partial charge on any atom is -0.372 e. The second kappa shape index (κ2) is 5.73. The number of pyridine rings is 1. The van der Waals surface area contributed by atoms with Gasteiger partial charge >= 0.3 is 0 Å². The number of ketones is 1. The Morgan fingerprint density at radius 1 is 1.16 bits per heavy atom. The van der Waals surface area contributed by atoms with Gasteiger partial charge in [0.1, 0.15) is 0 Å². The Morgan fingerprint density at radius 2 is 2.00 bits per heavy atom. The first-order valence-corrected chi connectivity index (χ1v) is 8.73. The van der Waals surface area contributed by atoms with Crippen LogP contribution in [0.2, 0.25) is 0 Å². The van der Waals surface area contributed by atoms with Crippen molar-refractivity contribution < 1.29 is 4.79 Å². The fourth-order valence-electron chi connectivity index (χ4n) is 3.85. The van der Waals surface area contributed by atoms with Crippen LogP contribution in [-0.2, 0) is 4.79 Å². The average molecular weight is 333 g/mol. The number of carbonyl (C=O) groups is 1. The number of aryl methyl sites for hydroxylation is 1. The molecule has 2 aromatic rings. The normalized spacial score (nSPS) is 21.6. The summed E-state index contributed by atoms with van der Waals surface area (Å²) in [4.78, 5) is 17.3. The molecule has 0 spiro atoms. The van der Waals surface area contributed by atoms with Gasteiger partial charge in [-0.2, -0.15) is 0 Å². The smallest absolute Gasteiger partial charge is 0.163 e. The number of hydrogen-bond donors (Lipinski definition) is 2. The second-order valence-electron chi connectivity index (χ2n) is 7.87. The van der Waals surface area contributed by atoms with E-state index in [2.05, 4.69) is 54.6 Å². The van der Waals surface area contributed by atoms with E-state index in [0.29, 0.717) is 6.42 Å². The molecule has 1 aromatic carbocycles. The summed E-state index contributed by atoms with van der Waals surface area (Å²) in [6.45, 7) is 6.39. The molecule has 4 rings (SSSR count). The molecule has 1 unspecified atom stereocenters. The molecule has 25 heavy (non-hydrogen) atoms. The highest BCUT2D eigenvalue weighted by molar-refractivity contribution is 6.01. The summed E-state index contributed by atoms with van der Waals surface area (Å²) in [5.41, 5.74) is 6.09. The van der Waals surface area contributed by atoms with Crippen LogP contribution >= 0.6 is 0 Å². The van der Waals surface area contributed by atoms with Crippen molar-refractivity contribution in [3.63, 3.8) is 0 Å². The molecule has 0 fully saturated rings. The molecule has 1 aliphatic carbocycles. The molecule has 1 aromatic heterocycles. The number of aromatic nitrogens is 1. The highest BCUT2D eigenvalue weighted by Gasteiger charge is 2.38. The molecule has 0 amide bonds. The zero-order chi connectivity index (χ0) is 17.6. The molecule has 0 radical (unpaired) electrons. The van der Waals surface area contributed by atoms with Crippen LogP contribution in [0, 0.1) is 12.3 Å². The van der Waals surface area contributed by atoms with Gasteiger partial charge in [-0.15, -0.1) is 0 Å². The topological polar surface area (TPSA) is 54.0 Å². The molecule has 2 aliphatic rings. The van der Waals surface area contributed by atoms with Crippen molar-refractivity contribution in [1.82, 2.24) is 4.98 Å². The molecule has 0 saturated carbocycles. The summed E-state index contributed by atoms with van der Waals surface area (Å²) in [5.74, 6) is 0.213. The second-order valence-corrected chi connectivity index (χ2v) is 7.87. The van der Waals surface area contributed by atoms with Gasteiger partial charge in [0, 0.05) is 30.1 Å². The van der Waals surface area contributed by atoms with Gasteiger partial charge in [-0.25, -0.2) is 0 Å². The largest absolute Gasteiger partial charge is 0.372 e. The minimum absolute atomic E-state index is 0.0302. The van der Waals surface area contributed by atoms with Gasteiger partial charge in [-0.05, 0) is 48.1 Å². The van der Waals surface area contributed by atoms with Gasteiger partial charge in [-0.1, -0.05) is 26.0 Å². The first kappa shape index (κ1) is 15.9. The van der Waals surface area contributed by atoms with E-state index in [9.17, 15) is 4.79 Å². The van der Waals surface area contributed by atoms with Gasteiger partial charge in [-0.3, -0.25) is 9.78 Å². The standard InChI is InChI=1S/C21H23N3O/c1-13-6-7-15-16(9-13)24-20(14-5-4-8-22-12-14)19-17(23-15)10-21(2,3)11-18(19)25/h4-9,12,20,23-24H,10-11H2,1-3H3. The van der Waals surface area contributed by atoms with Gasteiger partial charge < -0.3 is 10.6 Å². The number of Topliss-reactive ketones (excluding diaryl/α,β-unsaturated/α-hetero) is 1. The van der Waals surface area contributed by atoms with Crippen molar-refractivity contribution in [1.29, 1.82) is 0 Å². The number of carbonyl (C=O) groups excluding carboxylic acids is 1. The van der Waals surface area contributed by atoms with E-state index in [0.717, 1.165) is 34.6 Å². The lowest BCUT2D eigenvalue weighted by atomic mass is 9.73. The number of fused-ring (bicyclic) bond motifs is 1. The Hall–Kier alpha value is -2.62. The summed E-state index contributed by atoms with van der Waals surface area (Å²) in [7, 11) is 0. The van der Waals surface area contributed by atoms with Crippen LogP contribution in [-0.4, -0.2) is 10.8 Å². The predicted molar refractivity (Wildman–Crippen MR) is 100 cm³/mol. The van der Waals surface area contributed by atoms with Crippen LogP contribution in [0.15, 0.2) is 54.0 Å². The van der Waals surface area contributed by atoms with E-state index in [1.54, 1.807) is 6.20 Å². The summed E-state index contributed by atoms with van der Waals surface area (Å²) >= 11 is 0. The Labute approximate surface area is 148 Å². The van der Waals surface area contributed by atoms with Crippen molar-refractivity contribution >= 4 is 17.2 Å². The van der Waals surface area contributed by atoms with E-state index < -0.39 is 0 Å². The van der Waals surface area contributed by atoms with Gasteiger partial charge in [0.05, 0.1) is 17.4 Å². The molecule has 1 atom stereocenters. The summed E-state index contributed by atoms with van der Waals surface area (Å²) in [6.07, 6.45) is 5.04. The van der Waals surface area contributed by atoms with Gasteiger partial charge in [0.25, 0.3) is 0 Å². The van der Waals surface area contributed by atoms with Crippen molar-refractivity contribution in [3.05, 3.63) is 65.1 Å². The number of benzene rings is 1. The number of allylic oxidation sites excluding steroid dienone is 1. The quantitative estimate of drug-likeness (QED) is 0.800. The number of nitrogens with zero attached hydrogens (tertiary/aromatic N) is 1. The minimum atomic E-state index is -0.178. The Morgan fingerprint density at radius 3 is 2.76 bits per heavy atom. The molecular formula is C21H23N3O. The van der Waals surface area contributed by atoms with E-state index >= 15 is 0 Å². The zero-order valence-electron chi connectivity index (χ0n) is 14.9. The third-order valence-electron chi connectivity index (χ3n) is 4.99. The van der Waals surface area contributed by atoms with Crippen LogP contribution in [0.1, 0.15) is 43.9 Å². The average Bonchev–Trinajstić information content (AvgIpc) is 2.70. The monoisotopic (exact) mass is 333 g/mol.